The van der Waals surface area contributed by atoms with Crippen LogP contribution in [0.4, 0.5) is 0 Å². The molecule has 1 aliphatic carbocycles. The van der Waals surface area contributed by atoms with Crippen molar-refractivity contribution in [2.45, 2.75) is 32.8 Å². The first kappa shape index (κ1) is 11.3. The summed E-state index contributed by atoms with van der Waals surface area (Å²) < 4.78 is 1.92. The molecule has 2 heterocycles. The molecule has 0 aromatic carbocycles. The lowest BCUT2D eigenvalue weighted by atomic mass is 9.75. The first-order valence-electron chi connectivity index (χ1n) is 6.09. The lowest BCUT2D eigenvalue weighted by Gasteiger charge is -2.33. The molecule has 2 aromatic rings. The van der Waals surface area contributed by atoms with Crippen LogP contribution >= 0.6 is 0 Å². The van der Waals surface area contributed by atoms with Crippen LogP contribution in [0.2, 0.25) is 0 Å². The summed E-state index contributed by atoms with van der Waals surface area (Å²) in [6.45, 7) is 4.33. The smallest absolute Gasteiger partial charge is 0.253 e. The third kappa shape index (κ3) is 1.80. The predicted octanol–water partition coefficient (Wildman–Crippen LogP) is 1.67. The van der Waals surface area contributed by atoms with Crippen molar-refractivity contribution >= 4 is 0 Å². The van der Waals surface area contributed by atoms with Crippen LogP contribution in [0.3, 0.4) is 0 Å². The fraction of sp³-hybridized carbons (Fsp3) is 0.462. The number of fused-ring (bicyclic) bond motifs is 1. The van der Waals surface area contributed by atoms with Gasteiger partial charge in [-0.25, -0.2) is 4.98 Å². The van der Waals surface area contributed by atoms with Crippen LogP contribution in [-0.4, -0.2) is 24.9 Å². The van der Waals surface area contributed by atoms with Gasteiger partial charge in [-0.15, -0.1) is 5.10 Å². The summed E-state index contributed by atoms with van der Waals surface area (Å²) in [5.41, 5.74) is 2.17. The first-order chi connectivity index (χ1) is 8.57. The molecule has 0 aliphatic heterocycles. The molecule has 0 fully saturated rings. The average molecular weight is 244 g/mol. The van der Waals surface area contributed by atoms with Gasteiger partial charge in [0.05, 0.1) is 18.5 Å². The SMILES string of the molecule is CC1(C)Cc2c(ccn2-c2nccnn2)C(O)C1. The molecule has 0 spiro atoms. The van der Waals surface area contributed by atoms with Gasteiger partial charge in [0.15, 0.2) is 0 Å². The maximum Gasteiger partial charge on any atom is 0.253 e. The van der Waals surface area contributed by atoms with Crippen molar-refractivity contribution in [2.75, 3.05) is 0 Å². The van der Waals surface area contributed by atoms with Gasteiger partial charge in [-0.2, -0.15) is 5.10 Å². The largest absolute Gasteiger partial charge is 0.388 e. The van der Waals surface area contributed by atoms with Crippen molar-refractivity contribution in [1.29, 1.82) is 0 Å². The Bertz CT molecular complexity index is 562. The minimum absolute atomic E-state index is 0.0880. The van der Waals surface area contributed by atoms with Gasteiger partial charge < -0.3 is 5.11 Å². The summed E-state index contributed by atoms with van der Waals surface area (Å²) >= 11 is 0. The molecule has 0 saturated carbocycles. The van der Waals surface area contributed by atoms with E-state index in [1.807, 2.05) is 16.8 Å². The fourth-order valence-corrected chi connectivity index (χ4v) is 2.67. The molecule has 5 heteroatoms. The molecule has 0 amide bonds. The molecular weight excluding hydrogens is 228 g/mol. The molecule has 18 heavy (non-hydrogen) atoms. The monoisotopic (exact) mass is 244 g/mol. The van der Waals surface area contributed by atoms with E-state index in [2.05, 4.69) is 29.0 Å². The second kappa shape index (κ2) is 3.88. The van der Waals surface area contributed by atoms with Crippen molar-refractivity contribution in [2.24, 2.45) is 5.41 Å². The highest BCUT2D eigenvalue weighted by Gasteiger charge is 2.33. The third-order valence-corrected chi connectivity index (χ3v) is 3.46. The molecule has 1 unspecified atom stereocenters. The molecule has 1 N–H and O–H groups in total. The van der Waals surface area contributed by atoms with E-state index in [4.69, 9.17) is 0 Å². The van der Waals surface area contributed by atoms with Crippen molar-refractivity contribution in [1.82, 2.24) is 19.7 Å². The summed E-state index contributed by atoms with van der Waals surface area (Å²) in [6.07, 6.45) is 6.38. The van der Waals surface area contributed by atoms with E-state index in [1.54, 1.807) is 12.4 Å². The zero-order valence-electron chi connectivity index (χ0n) is 10.5. The number of aliphatic hydroxyl groups excluding tert-OH is 1. The molecule has 0 bridgehead atoms. The number of nitrogens with zero attached hydrogens (tertiary/aromatic N) is 4. The minimum atomic E-state index is -0.401. The quantitative estimate of drug-likeness (QED) is 0.828. The first-order valence-corrected chi connectivity index (χ1v) is 6.09. The fourth-order valence-electron chi connectivity index (χ4n) is 2.67. The number of hydrogen-bond donors (Lipinski definition) is 1. The Morgan fingerprint density at radius 3 is 2.94 bits per heavy atom. The summed E-state index contributed by atoms with van der Waals surface area (Å²) in [6, 6.07) is 1.95. The van der Waals surface area contributed by atoms with Gasteiger partial charge in [-0.3, -0.25) is 4.57 Å². The molecule has 0 saturated heterocycles. The van der Waals surface area contributed by atoms with Crippen LogP contribution in [-0.2, 0) is 6.42 Å². The zero-order chi connectivity index (χ0) is 12.8. The van der Waals surface area contributed by atoms with Gasteiger partial charge >= 0.3 is 0 Å². The molecule has 94 valence electrons. The van der Waals surface area contributed by atoms with Crippen LogP contribution in [0.15, 0.2) is 24.7 Å². The third-order valence-electron chi connectivity index (χ3n) is 3.46. The number of hydrogen-bond acceptors (Lipinski definition) is 4. The normalized spacial score (nSPS) is 21.6. The minimum Gasteiger partial charge on any atom is -0.388 e. The summed E-state index contributed by atoms with van der Waals surface area (Å²) in [5.74, 6) is 0.559. The van der Waals surface area contributed by atoms with E-state index in [9.17, 15) is 5.11 Å². The Hall–Kier alpha value is -1.75. The molecule has 0 radical (unpaired) electrons. The molecule has 3 rings (SSSR count). The van der Waals surface area contributed by atoms with Crippen molar-refractivity contribution in [3.8, 4) is 5.95 Å². The predicted molar refractivity (Wildman–Crippen MR) is 66.2 cm³/mol. The Labute approximate surface area is 106 Å². The zero-order valence-corrected chi connectivity index (χ0v) is 10.5. The van der Waals surface area contributed by atoms with Gasteiger partial charge in [0.25, 0.3) is 5.95 Å². The highest BCUT2D eigenvalue weighted by atomic mass is 16.3. The van der Waals surface area contributed by atoms with Crippen molar-refractivity contribution < 1.29 is 5.11 Å². The molecule has 5 nitrogen and oxygen atoms in total. The number of aliphatic hydroxyl groups is 1. The van der Waals surface area contributed by atoms with Gasteiger partial charge in [-0.1, -0.05) is 13.8 Å². The van der Waals surface area contributed by atoms with Crippen LogP contribution in [0, 0.1) is 5.41 Å². The molecular formula is C13H16N4O. The van der Waals surface area contributed by atoms with Crippen LogP contribution < -0.4 is 0 Å². The summed E-state index contributed by atoms with van der Waals surface area (Å²) in [5, 5.41) is 18.1. The van der Waals surface area contributed by atoms with E-state index in [1.165, 1.54) is 0 Å². The second-order valence-corrected chi connectivity index (χ2v) is 5.59. The molecule has 1 atom stereocenters. The Morgan fingerprint density at radius 2 is 2.22 bits per heavy atom. The van der Waals surface area contributed by atoms with Crippen molar-refractivity contribution in [3.63, 3.8) is 0 Å². The molecule has 2 aromatic heterocycles. The maximum absolute atomic E-state index is 10.2. The summed E-state index contributed by atoms with van der Waals surface area (Å²) in [4.78, 5) is 4.21. The standard InChI is InChI=1S/C13H16N4O/c1-13(2)7-10-9(11(18)8-13)3-6-17(10)12-14-4-5-15-16-12/h3-6,11,18H,7-8H2,1-2H3. The number of rotatable bonds is 1. The Kier molecular flexibility index (Phi) is 2.45. The van der Waals surface area contributed by atoms with Gasteiger partial charge in [0, 0.05) is 17.5 Å². The van der Waals surface area contributed by atoms with E-state index in [0.717, 1.165) is 24.1 Å². The van der Waals surface area contributed by atoms with E-state index >= 15 is 0 Å². The van der Waals surface area contributed by atoms with Gasteiger partial charge in [0.1, 0.15) is 0 Å². The van der Waals surface area contributed by atoms with E-state index in [-0.39, 0.29) is 5.41 Å². The average Bonchev–Trinajstić information content (AvgIpc) is 2.72. The highest BCUT2D eigenvalue weighted by Crippen LogP contribution is 2.41. The molecule has 1 aliphatic rings. The second-order valence-electron chi connectivity index (χ2n) is 5.59. The van der Waals surface area contributed by atoms with E-state index < -0.39 is 6.10 Å². The lowest BCUT2D eigenvalue weighted by Crippen LogP contribution is -2.26. The van der Waals surface area contributed by atoms with Crippen LogP contribution in [0.1, 0.15) is 37.6 Å². The number of aromatic nitrogens is 4. The Balaban J connectivity index is 2.10. The maximum atomic E-state index is 10.2. The van der Waals surface area contributed by atoms with Crippen LogP contribution in [0.25, 0.3) is 5.95 Å². The van der Waals surface area contributed by atoms with E-state index in [0.29, 0.717) is 5.95 Å². The van der Waals surface area contributed by atoms with Crippen molar-refractivity contribution in [3.05, 3.63) is 35.9 Å². The van der Waals surface area contributed by atoms with Gasteiger partial charge in [-0.05, 0) is 24.3 Å². The topological polar surface area (TPSA) is 63.8 Å². The van der Waals surface area contributed by atoms with Gasteiger partial charge in [0.2, 0.25) is 0 Å². The Morgan fingerprint density at radius 1 is 1.39 bits per heavy atom. The lowest BCUT2D eigenvalue weighted by molar-refractivity contribution is 0.0986. The van der Waals surface area contributed by atoms with Crippen LogP contribution in [0.5, 0.6) is 0 Å². The summed E-state index contributed by atoms with van der Waals surface area (Å²) in [7, 11) is 0. The highest BCUT2D eigenvalue weighted by molar-refractivity contribution is 5.33.